The molecule has 0 aromatic carbocycles. The van der Waals surface area contributed by atoms with Gasteiger partial charge in [0.1, 0.15) is 10.6 Å². The number of aromatic nitrogens is 1. The van der Waals surface area contributed by atoms with E-state index in [1.165, 1.54) is 11.8 Å². The molecule has 0 saturated heterocycles. The summed E-state index contributed by atoms with van der Waals surface area (Å²) in [5, 5.41) is 13.0. The summed E-state index contributed by atoms with van der Waals surface area (Å²) in [4.78, 5) is 15.9. The zero-order valence-corrected chi connectivity index (χ0v) is 12.7. The molecule has 1 aromatic heterocycles. The molecule has 19 heavy (non-hydrogen) atoms. The summed E-state index contributed by atoms with van der Waals surface area (Å²) in [5.74, 6) is 0.00938. The fourth-order valence-electron chi connectivity index (χ4n) is 1.24. The molecule has 1 atom stereocenters. The van der Waals surface area contributed by atoms with Gasteiger partial charge in [-0.25, -0.2) is 4.98 Å². The maximum absolute atomic E-state index is 11.9. The molecule has 4 nitrogen and oxygen atoms in total. The van der Waals surface area contributed by atoms with Crippen molar-refractivity contribution in [3.63, 3.8) is 0 Å². The zero-order chi connectivity index (χ0) is 14.5. The van der Waals surface area contributed by atoms with Crippen molar-refractivity contribution in [1.82, 2.24) is 10.3 Å². The number of carbonyl (C=O) groups is 1. The van der Waals surface area contributed by atoms with E-state index in [-0.39, 0.29) is 17.6 Å². The first-order valence-electron chi connectivity index (χ1n) is 5.84. The van der Waals surface area contributed by atoms with Crippen molar-refractivity contribution >= 4 is 29.3 Å². The highest BCUT2D eigenvalue weighted by molar-refractivity contribution is 8.00. The lowest BCUT2D eigenvalue weighted by molar-refractivity contribution is -0.120. The molecule has 1 rings (SSSR count). The normalized spacial score (nSPS) is 13.7. The minimum atomic E-state index is -0.856. The lowest BCUT2D eigenvalue weighted by atomic mass is 9.90. The largest absolute Gasteiger partial charge is 0.337 e. The number of nitriles is 1. The predicted molar refractivity (Wildman–Crippen MR) is 77.0 cm³/mol. The number of pyridine rings is 1. The van der Waals surface area contributed by atoms with Crippen molar-refractivity contribution in [2.75, 3.05) is 5.75 Å². The predicted octanol–water partition coefficient (Wildman–Crippen LogP) is 2.88. The summed E-state index contributed by atoms with van der Waals surface area (Å²) >= 11 is 7.20. The number of rotatable bonds is 5. The first-order valence-corrected chi connectivity index (χ1v) is 7.21. The molecule has 1 amide bonds. The second-order valence-electron chi connectivity index (χ2n) is 4.60. The van der Waals surface area contributed by atoms with Gasteiger partial charge in [-0.1, -0.05) is 37.2 Å². The van der Waals surface area contributed by atoms with Gasteiger partial charge in [0.25, 0.3) is 0 Å². The summed E-state index contributed by atoms with van der Waals surface area (Å²) in [6, 6.07) is 5.59. The summed E-state index contributed by atoms with van der Waals surface area (Å²) in [5.41, 5.74) is -0.856. The van der Waals surface area contributed by atoms with E-state index in [1.54, 1.807) is 25.3 Å². The van der Waals surface area contributed by atoms with Crippen LogP contribution in [0.1, 0.15) is 20.8 Å². The third-order valence-electron chi connectivity index (χ3n) is 2.85. The molecule has 0 aliphatic carbocycles. The van der Waals surface area contributed by atoms with Crippen LogP contribution < -0.4 is 5.32 Å². The molecular weight excluding hydrogens is 282 g/mol. The van der Waals surface area contributed by atoms with Crippen LogP contribution in [0.15, 0.2) is 23.4 Å². The van der Waals surface area contributed by atoms with Crippen molar-refractivity contribution < 1.29 is 4.79 Å². The van der Waals surface area contributed by atoms with Crippen LogP contribution in [-0.4, -0.2) is 22.2 Å². The lowest BCUT2D eigenvalue weighted by Gasteiger charge is -2.27. The maximum Gasteiger partial charge on any atom is 0.231 e. The highest BCUT2D eigenvalue weighted by Crippen LogP contribution is 2.24. The van der Waals surface area contributed by atoms with Crippen LogP contribution in [0.5, 0.6) is 0 Å². The lowest BCUT2D eigenvalue weighted by Crippen LogP contribution is -2.49. The van der Waals surface area contributed by atoms with Gasteiger partial charge in [-0.15, -0.1) is 0 Å². The quantitative estimate of drug-likeness (QED) is 0.849. The second kappa shape index (κ2) is 6.78. The summed E-state index contributed by atoms with van der Waals surface area (Å²) in [6.45, 7) is 5.51. The minimum absolute atomic E-state index is 0.0323. The van der Waals surface area contributed by atoms with Gasteiger partial charge in [0, 0.05) is 6.20 Å². The molecule has 0 spiro atoms. The van der Waals surface area contributed by atoms with Gasteiger partial charge < -0.3 is 5.32 Å². The molecule has 1 heterocycles. The third kappa shape index (κ3) is 4.41. The minimum Gasteiger partial charge on any atom is -0.337 e. The molecule has 0 saturated carbocycles. The molecule has 0 fully saturated rings. The number of hydrogen-bond donors (Lipinski definition) is 1. The Labute approximate surface area is 122 Å². The van der Waals surface area contributed by atoms with Crippen molar-refractivity contribution in [3.8, 4) is 6.07 Å². The Bertz CT molecular complexity index is 501. The van der Waals surface area contributed by atoms with Crippen molar-refractivity contribution in [2.24, 2.45) is 5.92 Å². The highest BCUT2D eigenvalue weighted by Gasteiger charge is 2.29. The number of hydrogen-bond acceptors (Lipinski definition) is 4. The summed E-state index contributed by atoms with van der Waals surface area (Å²) in [7, 11) is 0. The van der Waals surface area contributed by atoms with E-state index >= 15 is 0 Å². The van der Waals surface area contributed by atoms with Gasteiger partial charge in [0.05, 0.1) is 16.8 Å². The molecule has 102 valence electrons. The molecule has 6 heteroatoms. The first kappa shape index (κ1) is 15.8. The topological polar surface area (TPSA) is 65.8 Å². The van der Waals surface area contributed by atoms with Gasteiger partial charge in [-0.05, 0) is 25.0 Å². The monoisotopic (exact) mass is 297 g/mol. The van der Waals surface area contributed by atoms with Crippen molar-refractivity contribution in [1.29, 1.82) is 5.26 Å². The van der Waals surface area contributed by atoms with Crippen LogP contribution >= 0.6 is 23.4 Å². The standard InChI is InChI=1S/C13H16ClN3OS/c1-9(2)13(3,8-15)17-11(18)7-19-12-10(14)5-4-6-16-12/h4-6,9H,7H2,1-3H3,(H,17,18). The smallest absolute Gasteiger partial charge is 0.231 e. The number of nitrogens with one attached hydrogen (secondary N) is 1. The summed E-state index contributed by atoms with van der Waals surface area (Å²) < 4.78 is 0. The molecule has 0 radical (unpaired) electrons. The van der Waals surface area contributed by atoms with E-state index in [0.717, 1.165) is 0 Å². The third-order valence-corrected chi connectivity index (χ3v) is 4.27. The van der Waals surface area contributed by atoms with Gasteiger partial charge in [-0.2, -0.15) is 5.26 Å². The molecule has 1 N–H and O–H groups in total. The van der Waals surface area contributed by atoms with Crippen LogP contribution in [-0.2, 0) is 4.79 Å². The van der Waals surface area contributed by atoms with Crippen molar-refractivity contribution in [3.05, 3.63) is 23.4 Å². The van der Waals surface area contributed by atoms with Crippen molar-refractivity contribution in [2.45, 2.75) is 31.3 Å². The van der Waals surface area contributed by atoms with Crippen LogP contribution in [0, 0.1) is 17.2 Å². The van der Waals surface area contributed by atoms with Gasteiger partial charge in [0.2, 0.25) is 5.91 Å². The average Bonchev–Trinajstić information content (AvgIpc) is 2.37. The Morgan fingerprint density at radius 3 is 2.89 bits per heavy atom. The fraction of sp³-hybridized carbons (Fsp3) is 0.462. The van der Waals surface area contributed by atoms with Gasteiger partial charge >= 0.3 is 0 Å². The Morgan fingerprint density at radius 2 is 2.37 bits per heavy atom. The first-order chi connectivity index (χ1) is 8.89. The maximum atomic E-state index is 11.9. The van der Waals surface area contributed by atoms with Crippen LogP contribution in [0.4, 0.5) is 0 Å². The van der Waals surface area contributed by atoms with Gasteiger partial charge in [0.15, 0.2) is 0 Å². The van der Waals surface area contributed by atoms with E-state index in [0.29, 0.717) is 10.0 Å². The Kier molecular flexibility index (Phi) is 5.64. The van der Waals surface area contributed by atoms with E-state index in [9.17, 15) is 4.79 Å². The van der Waals surface area contributed by atoms with E-state index in [4.69, 9.17) is 16.9 Å². The second-order valence-corrected chi connectivity index (χ2v) is 5.97. The molecule has 0 aliphatic rings. The number of nitrogens with zero attached hydrogens (tertiary/aromatic N) is 2. The zero-order valence-electron chi connectivity index (χ0n) is 11.1. The number of halogens is 1. The molecule has 0 bridgehead atoms. The van der Waals surface area contributed by atoms with E-state index in [1.807, 2.05) is 13.8 Å². The van der Waals surface area contributed by atoms with Gasteiger partial charge in [-0.3, -0.25) is 4.79 Å². The van der Waals surface area contributed by atoms with Crippen LogP contribution in [0.25, 0.3) is 0 Å². The Balaban J connectivity index is 2.58. The van der Waals surface area contributed by atoms with Crippen LogP contribution in [0.2, 0.25) is 5.02 Å². The average molecular weight is 298 g/mol. The molecule has 1 unspecified atom stereocenters. The highest BCUT2D eigenvalue weighted by atomic mass is 35.5. The van der Waals surface area contributed by atoms with E-state index < -0.39 is 5.54 Å². The molecule has 1 aromatic rings. The Hall–Kier alpha value is -1.25. The number of amides is 1. The summed E-state index contributed by atoms with van der Waals surface area (Å²) in [6.07, 6.45) is 1.62. The SMILES string of the molecule is CC(C)C(C)(C#N)NC(=O)CSc1ncccc1Cl. The number of thioether (sulfide) groups is 1. The van der Waals surface area contributed by atoms with E-state index in [2.05, 4.69) is 16.4 Å². The molecular formula is C13H16ClN3OS. The molecule has 0 aliphatic heterocycles. The fourth-order valence-corrected chi connectivity index (χ4v) is 2.20. The Morgan fingerprint density at radius 1 is 1.68 bits per heavy atom. The number of carbonyl (C=O) groups excluding carboxylic acids is 1. The van der Waals surface area contributed by atoms with Crippen LogP contribution in [0.3, 0.4) is 0 Å².